The van der Waals surface area contributed by atoms with E-state index in [1.54, 1.807) is 6.92 Å². The van der Waals surface area contributed by atoms with Crippen LogP contribution in [0, 0.1) is 27.2 Å². The van der Waals surface area contributed by atoms with E-state index in [4.69, 9.17) is 4.18 Å². The Morgan fingerprint density at radius 3 is 2.26 bits per heavy atom. The van der Waals surface area contributed by atoms with Crippen molar-refractivity contribution in [3.8, 4) is 0 Å². The molecule has 0 fully saturated rings. The molecule has 0 amide bonds. The molecule has 0 aliphatic heterocycles. The van der Waals surface area contributed by atoms with E-state index in [0.29, 0.717) is 0 Å². The summed E-state index contributed by atoms with van der Waals surface area (Å²) in [4.78, 5) is 20.1. The molecule has 23 heavy (non-hydrogen) atoms. The van der Waals surface area contributed by atoms with E-state index in [0.717, 1.165) is 23.8 Å². The van der Waals surface area contributed by atoms with Crippen molar-refractivity contribution in [2.45, 2.75) is 23.6 Å². The van der Waals surface area contributed by atoms with Crippen LogP contribution in [0.25, 0.3) is 0 Å². The average molecular weight is 340 g/mol. The first-order valence-electron chi connectivity index (χ1n) is 6.35. The van der Waals surface area contributed by atoms with Gasteiger partial charge in [-0.1, -0.05) is 29.8 Å². The third kappa shape index (κ3) is 3.12. The topological polar surface area (TPSA) is 130 Å². The van der Waals surface area contributed by atoms with E-state index in [9.17, 15) is 28.6 Å². The summed E-state index contributed by atoms with van der Waals surface area (Å²) in [6, 6.07) is 3.42. The summed E-state index contributed by atoms with van der Waals surface area (Å²) in [5.74, 6) is 0. The molecule has 122 valence electrons. The van der Waals surface area contributed by atoms with Gasteiger partial charge in [-0.15, -0.1) is 0 Å². The third-order valence-electron chi connectivity index (χ3n) is 3.23. The molecule has 0 heterocycles. The minimum atomic E-state index is -4.58. The van der Waals surface area contributed by atoms with Crippen LogP contribution in [-0.2, 0) is 14.3 Å². The normalized spacial score (nSPS) is 23.6. The molecule has 0 radical (unpaired) electrons. The van der Waals surface area contributed by atoms with Crippen LogP contribution in [0.3, 0.4) is 0 Å². The van der Waals surface area contributed by atoms with Gasteiger partial charge in [-0.25, -0.2) is 0 Å². The largest absolute Gasteiger partial charge is 0.429 e. The highest BCUT2D eigenvalue weighted by atomic mass is 32.2. The van der Waals surface area contributed by atoms with Crippen LogP contribution in [0.4, 0.5) is 0 Å². The van der Waals surface area contributed by atoms with E-state index < -0.39 is 31.7 Å². The van der Waals surface area contributed by atoms with Gasteiger partial charge < -0.3 is 0 Å². The van der Waals surface area contributed by atoms with Gasteiger partial charge in [0.15, 0.2) is 0 Å². The fourth-order valence-corrected chi connectivity index (χ4v) is 3.16. The molecule has 0 spiro atoms. The van der Waals surface area contributed by atoms with Crippen LogP contribution in [0.1, 0.15) is 5.56 Å². The lowest BCUT2D eigenvalue weighted by atomic mass is 10.0. The number of benzene rings is 1. The van der Waals surface area contributed by atoms with Crippen molar-refractivity contribution in [3.05, 3.63) is 74.4 Å². The summed E-state index contributed by atoms with van der Waals surface area (Å²) in [7, 11) is -4.58. The van der Waals surface area contributed by atoms with Crippen LogP contribution >= 0.6 is 0 Å². The molecule has 0 saturated carbocycles. The zero-order chi connectivity index (χ0) is 17.3. The highest BCUT2D eigenvalue weighted by Crippen LogP contribution is 2.30. The molecule has 0 N–H and O–H groups in total. The second kappa shape index (κ2) is 5.89. The molecule has 1 aromatic carbocycles. The lowest BCUT2D eigenvalue weighted by molar-refractivity contribution is -0.668. The molecular formula is C13H12N2O7S. The van der Waals surface area contributed by atoms with Crippen LogP contribution < -0.4 is 0 Å². The Balaban J connectivity index is 2.49. The van der Waals surface area contributed by atoms with Gasteiger partial charge in [0.25, 0.3) is 0 Å². The maximum absolute atomic E-state index is 12.3. The molecule has 1 aliphatic carbocycles. The maximum Gasteiger partial charge on any atom is 0.429 e. The number of hydrogen-bond donors (Lipinski definition) is 0. The number of nitro groups is 2. The summed E-state index contributed by atoms with van der Waals surface area (Å²) in [5.41, 5.74) is -2.06. The van der Waals surface area contributed by atoms with Gasteiger partial charge in [0, 0.05) is 11.0 Å². The van der Waals surface area contributed by atoms with Gasteiger partial charge in [0.05, 0.1) is 9.82 Å². The van der Waals surface area contributed by atoms with E-state index in [2.05, 4.69) is 0 Å². The first-order valence-corrected chi connectivity index (χ1v) is 7.76. The average Bonchev–Trinajstić information content (AvgIpc) is 2.47. The number of allylic oxidation sites excluding steroid dienone is 2. The first-order chi connectivity index (χ1) is 10.7. The van der Waals surface area contributed by atoms with Crippen molar-refractivity contribution >= 4 is 10.1 Å². The molecule has 1 aromatic rings. The number of rotatable bonds is 5. The summed E-state index contributed by atoms with van der Waals surface area (Å²) in [6.45, 7) is 1.73. The van der Waals surface area contributed by atoms with Gasteiger partial charge in [-0.3, -0.25) is 20.2 Å². The van der Waals surface area contributed by atoms with Gasteiger partial charge in [0.2, 0.25) is 0 Å². The number of hydrogen-bond acceptors (Lipinski definition) is 7. The first kappa shape index (κ1) is 16.8. The number of nitrogens with zero attached hydrogens (tertiary/aromatic N) is 2. The van der Waals surface area contributed by atoms with Crippen molar-refractivity contribution in [1.29, 1.82) is 0 Å². The standard InChI is InChI=1S/C13H12N2O7S/c1-10-5-7-11(8-6-10)23(20,21)22-13(15(18)19)9-3-2-4-12(13)14(16)17/h2-9,12H,1H3. The van der Waals surface area contributed by atoms with Gasteiger partial charge in [0.1, 0.15) is 0 Å². The van der Waals surface area contributed by atoms with Crippen molar-refractivity contribution in [3.63, 3.8) is 0 Å². The zero-order valence-electron chi connectivity index (χ0n) is 11.9. The molecule has 10 heteroatoms. The summed E-state index contributed by atoms with van der Waals surface area (Å²) >= 11 is 0. The smallest absolute Gasteiger partial charge is 0.263 e. The molecular weight excluding hydrogens is 328 g/mol. The zero-order valence-corrected chi connectivity index (χ0v) is 12.7. The fraction of sp³-hybridized carbons (Fsp3) is 0.231. The minimum absolute atomic E-state index is 0.325. The third-order valence-corrected chi connectivity index (χ3v) is 4.56. The predicted molar refractivity (Wildman–Crippen MR) is 78.2 cm³/mol. The maximum atomic E-state index is 12.3. The van der Waals surface area contributed by atoms with Crippen LogP contribution in [0.5, 0.6) is 0 Å². The lowest BCUT2D eigenvalue weighted by Crippen LogP contribution is -2.54. The van der Waals surface area contributed by atoms with E-state index in [1.165, 1.54) is 30.3 Å². The van der Waals surface area contributed by atoms with Crippen LogP contribution in [0.2, 0.25) is 0 Å². The van der Waals surface area contributed by atoms with Crippen LogP contribution in [-0.4, -0.2) is 30.0 Å². The molecule has 2 atom stereocenters. The Morgan fingerprint density at radius 1 is 1.13 bits per heavy atom. The molecule has 2 unspecified atom stereocenters. The van der Waals surface area contributed by atoms with E-state index >= 15 is 0 Å². The Hall–Kier alpha value is -2.59. The Labute approximate surface area is 131 Å². The summed E-state index contributed by atoms with van der Waals surface area (Å²) in [6.07, 6.45) is 4.02. The molecule has 0 saturated heterocycles. The van der Waals surface area contributed by atoms with E-state index in [-0.39, 0.29) is 4.90 Å². The van der Waals surface area contributed by atoms with Gasteiger partial charge in [-0.2, -0.15) is 12.6 Å². The van der Waals surface area contributed by atoms with Crippen LogP contribution in [0.15, 0.2) is 53.5 Å². The second-order valence-electron chi connectivity index (χ2n) is 4.83. The van der Waals surface area contributed by atoms with Gasteiger partial charge in [-0.05, 0) is 25.1 Å². The number of aryl methyl sites for hydroxylation is 1. The SMILES string of the molecule is Cc1ccc(S(=O)(=O)OC2([N+](=O)[O-])C=CC=CC2[N+](=O)[O-])cc1. The molecule has 9 nitrogen and oxygen atoms in total. The monoisotopic (exact) mass is 340 g/mol. The van der Waals surface area contributed by atoms with Gasteiger partial charge >= 0.3 is 21.9 Å². The Morgan fingerprint density at radius 2 is 1.74 bits per heavy atom. The Bertz CT molecular complexity index is 798. The highest BCUT2D eigenvalue weighted by Gasteiger charge is 2.61. The Kier molecular flexibility index (Phi) is 4.30. The molecule has 0 bridgehead atoms. The summed E-state index contributed by atoms with van der Waals surface area (Å²) < 4.78 is 29.3. The van der Waals surface area contributed by atoms with Crippen molar-refractivity contribution in [2.75, 3.05) is 0 Å². The second-order valence-corrected chi connectivity index (χ2v) is 6.38. The fourth-order valence-electron chi connectivity index (χ4n) is 2.03. The molecule has 0 aromatic heterocycles. The predicted octanol–water partition coefficient (Wildman–Crippen LogP) is 1.44. The molecule has 1 aliphatic rings. The van der Waals surface area contributed by atoms with Crippen molar-refractivity contribution < 1.29 is 22.4 Å². The van der Waals surface area contributed by atoms with E-state index in [1.807, 2.05) is 0 Å². The lowest BCUT2D eigenvalue weighted by Gasteiger charge is -2.24. The quantitative estimate of drug-likeness (QED) is 0.343. The minimum Gasteiger partial charge on any atom is -0.263 e. The molecule has 2 rings (SSSR count). The van der Waals surface area contributed by atoms with Crippen molar-refractivity contribution in [1.82, 2.24) is 0 Å². The highest BCUT2D eigenvalue weighted by molar-refractivity contribution is 7.86. The van der Waals surface area contributed by atoms with Crippen molar-refractivity contribution in [2.24, 2.45) is 0 Å². The summed E-state index contributed by atoms with van der Waals surface area (Å²) in [5, 5.41) is 22.5.